The van der Waals surface area contributed by atoms with E-state index in [-0.39, 0.29) is 29.0 Å². The largest absolute Gasteiger partial charge is 0.336 e. The van der Waals surface area contributed by atoms with Crippen LogP contribution in [0, 0.1) is 0 Å². The van der Waals surface area contributed by atoms with Gasteiger partial charge in [0.15, 0.2) is 9.84 Å². The Hall–Kier alpha value is -1.85. The van der Waals surface area contributed by atoms with E-state index in [4.69, 9.17) is 11.6 Å². The van der Waals surface area contributed by atoms with E-state index in [2.05, 4.69) is 0 Å². The molecule has 4 nitrogen and oxygen atoms in total. The molecule has 0 radical (unpaired) electrons. The lowest BCUT2D eigenvalue weighted by Crippen LogP contribution is -2.37. The highest BCUT2D eigenvalue weighted by Crippen LogP contribution is 2.18. The van der Waals surface area contributed by atoms with Gasteiger partial charge in [-0.1, -0.05) is 48.0 Å². The number of nitrogens with zero attached hydrogens (tertiary/aromatic N) is 1. The van der Waals surface area contributed by atoms with Crippen LogP contribution in [0.5, 0.6) is 0 Å². The normalized spacial score (nSPS) is 11.5. The van der Waals surface area contributed by atoms with Crippen molar-refractivity contribution in [3.63, 3.8) is 0 Å². The molecule has 0 heterocycles. The number of hydrogen-bond acceptors (Lipinski definition) is 3. The standard InChI is InChI=1S/C19H22ClNO3S/c1-15(2)21(14-16-7-4-3-5-8-16)19(22)11-12-25(23,24)18-10-6-9-17(20)13-18/h3-10,13,15H,11-12,14H2,1-2H3. The highest BCUT2D eigenvalue weighted by atomic mass is 35.5. The maximum Gasteiger partial charge on any atom is 0.224 e. The van der Waals surface area contributed by atoms with Gasteiger partial charge in [-0.15, -0.1) is 0 Å². The van der Waals surface area contributed by atoms with E-state index in [0.717, 1.165) is 5.56 Å². The van der Waals surface area contributed by atoms with Crippen LogP contribution in [-0.2, 0) is 21.2 Å². The van der Waals surface area contributed by atoms with Gasteiger partial charge in [0.1, 0.15) is 0 Å². The van der Waals surface area contributed by atoms with Crippen LogP contribution in [0.25, 0.3) is 0 Å². The van der Waals surface area contributed by atoms with Gasteiger partial charge in [-0.25, -0.2) is 8.42 Å². The van der Waals surface area contributed by atoms with Crippen molar-refractivity contribution in [1.82, 2.24) is 4.90 Å². The van der Waals surface area contributed by atoms with Crippen molar-refractivity contribution in [3.05, 3.63) is 65.2 Å². The third kappa shape index (κ3) is 5.58. The van der Waals surface area contributed by atoms with Crippen LogP contribution in [0.4, 0.5) is 0 Å². The van der Waals surface area contributed by atoms with E-state index in [1.165, 1.54) is 12.1 Å². The van der Waals surface area contributed by atoms with Crippen LogP contribution in [0.2, 0.25) is 5.02 Å². The zero-order valence-corrected chi connectivity index (χ0v) is 15.9. The number of halogens is 1. The number of sulfone groups is 1. The molecule has 0 atom stereocenters. The molecule has 2 aromatic rings. The topological polar surface area (TPSA) is 54.5 Å². The molecule has 0 saturated carbocycles. The molecule has 2 rings (SSSR count). The van der Waals surface area contributed by atoms with Crippen LogP contribution >= 0.6 is 11.6 Å². The maximum atomic E-state index is 12.6. The molecule has 0 bridgehead atoms. The van der Waals surface area contributed by atoms with Crippen LogP contribution in [-0.4, -0.2) is 31.0 Å². The summed E-state index contributed by atoms with van der Waals surface area (Å²) in [4.78, 5) is 14.4. The van der Waals surface area contributed by atoms with Crippen molar-refractivity contribution < 1.29 is 13.2 Å². The molecule has 0 spiro atoms. The van der Waals surface area contributed by atoms with Gasteiger partial charge < -0.3 is 4.90 Å². The van der Waals surface area contributed by atoms with Gasteiger partial charge in [-0.3, -0.25) is 4.79 Å². The first-order valence-electron chi connectivity index (χ1n) is 8.11. The van der Waals surface area contributed by atoms with E-state index in [1.54, 1.807) is 17.0 Å². The summed E-state index contributed by atoms with van der Waals surface area (Å²) >= 11 is 5.86. The Balaban J connectivity index is 2.06. The molecule has 25 heavy (non-hydrogen) atoms. The van der Waals surface area contributed by atoms with Gasteiger partial charge in [-0.05, 0) is 37.6 Å². The fourth-order valence-corrected chi connectivity index (χ4v) is 4.01. The number of hydrogen-bond donors (Lipinski definition) is 0. The summed E-state index contributed by atoms with van der Waals surface area (Å²) in [6.45, 7) is 4.31. The van der Waals surface area contributed by atoms with E-state index in [0.29, 0.717) is 11.6 Å². The third-order valence-corrected chi connectivity index (χ3v) is 5.83. The van der Waals surface area contributed by atoms with E-state index in [1.807, 2.05) is 44.2 Å². The lowest BCUT2D eigenvalue weighted by molar-refractivity contribution is -0.133. The zero-order valence-electron chi connectivity index (χ0n) is 14.4. The van der Waals surface area contributed by atoms with Crippen molar-refractivity contribution in [1.29, 1.82) is 0 Å². The second kappa shape index (κ2) is 8.50. The summed E-state index contributed by atoms with van der Waals surface area (Å²) < 4.78 is 24.8. The summed E-state index contributed by atoms with van der Waals surface area (Å²) in [5.74, 6) is -0.408. The molecule has 0 fully saturated rings. The molecule has 0 N–H and O–H groups in total. The predicted molar refractivity (Wildman–Crippen MR) is 100 cm³/mol. The molecule has 6 heteroatoms. The third-order valence-electron chi connectivity index (χ3n) is 3.88. The van der Waals surface area contributed by atoms with Crippen LogP contribution in [0.3, 0.4) is 0 Å². The Bertz CT molecular complexity index is 820. The average molecular weight is 380 g/mol. The maximum absolute atomic E-state index is 12.6. The summed E-state index contributed by atoms with van der Waals surface area (Å²) in [7, 11) is -3.54. The second-order valence-corrected chi connectivity index (χ2v) is 8.67. The van der Waals surface area contributed by atoms with Crippen molar-refractivity contribution in [2.45, 2.75) is 37.8 Å². The number of rotatable bonds is 7. The molecule has 0 aliphatic rings. The van der Waals surface area contributed by atoms with Crippen LogP contribution in [0.15, 0.2) is 59.5 Å². The van der Waals surface area contributed by atoms with E-state index >= 15 is 0 Å². The van der Waals surface area contributed by atoms with Gasteiger partial charge in [0, 0.05) is 24.0 Å². The van der Waals surface area contributed by atoms with Crippen molar-refractivity contribution in [3.8, 4) is 0 Å². The summed E-state index contributed by atoms with van der Waals surface area (Å²) in [5, 5.41) is 0.361. The highest BCUT2D eigenvalue weighted by molar-refractivity contribution is 7.91. The number of carbonyl (C=O) groups excluding carboxylic acids is 1. The van der Waals surface area contributed by atoms with Gasteiger partial charge in [0.25, 0.3) is 0 Å². The molecule has 0 aromatic heterocycles. The molecule has 0 unspecified atom stereocenters. The van der Waals surface area contributed by atoms with Crippen LogP contribution < -0.4 is 0 Å². The summed E-state index contributed by atoms with van der Waals surface area (Å²) in [6.07, 6.45) is -0.0557. The smallest absolute Gasteiger partial charge is 0.224 e. The molecule has 1 amide bonds. The monoisotopic (exact) mass is 379 g/mol. The number of carbonyl (C=O) groups is 1. The van der Waals surface area contributed by atoms with E-state index < -0.39 is 9.84 Å². The Morgan fingerprint density at radius 3 is 2.36 bits per heavy atom. The molecule has 2 aromatic carbocycles. The predicted octanol–water partition coefficient (Wildman–Crippen LogP) is 3.94. The Morgan fingerprint density at radius 1 is 1.08 bits per heavy atom. The van der Waals surface area contributed by atoms with Gasteiger partial charge in [0.05, 0.1) is 10.6 Å². The first-order chi connectivity index (χ1) is 11.8. The van der Waals surface area contributed by atoms with Crippen LogP contribution in [0.1, 0.15) is 25.8 Å². The summed E-state index contributed by atoms with van der Waals surface area (Å²) in [6, 6.07) is 15.8. The minimum Gasteiger partial charge on any atom is -0.336 e. The molecular weight excluding hydrogens is 358 g/mol. The zero-order chi connectivity index (χ0) is 18.4. The molecule has 134 valence electrons. The lowest BCUT2D eigenvalue weighted by Gasteiger charge is -2.27. The number of benzene rings is 2. The summed E-state index contributed by atoms with van der Waals surface area (Å²) in [5.41, 5.74) is 1.02. The van der Waals surface area contributed by atoms with Crippen molar-refractivity contribution in [2.75, 3.05) is 5.75 Å². The molecule has 0 aliphatic heterocycles. The second-order valence-electron chi connectivity index (χ2n) is 6.13. The molecule has 0 aliphatic carbocycles. The highest BCUT2D eigenvalue weighted by Gasteiger charge is 2.22. The quantitative estimate of drug-likeness (QED) is 0.732. The van der Waals surface area contributed by atoms with Crippen molar-refractivity contribution in [2.24, 2.45) is 0 Å². The Labute approximate surface area is 154 Å². The van der Waals surface area contributed by atoms with Crippen molar-refractivity contribution >= 4 is 27.3 Å². The minimum atomic E-state index is -3.54. The first-order valence-corrected chi connectivity index (χ1v) is 10.1. The van der Waals surface area contributed by atoms with E-state index in [9.17, 15) is 13.2 Å². The molecular formula is C19H22ClNO3S. The SMILES string of the molecule is CC(C)N(Cc1ccccc1)C(=O)CCS(=O)(=O)c1cccc(Cl)c1. The van der Waals surface area contributed by atoms with Gasteiger partial charge in [-0.2, -0.15) is 0 Å². The Morgan fingerprint density at radius 2 is 1.76 bits per heavy atom. The first kappa shape index (κ1) is 19.5. The average Bonchev–Trinajstić information content (AvgIpc) is 2.58. The fraction of sp³-hybridized carbons (Fsp3) is 0.316. The Kier molecular flexibility index (Phi) is 6.62. The number of amides is 1. The van der Waals surface area contributed by atoms with Gasteiger partial charge >= 0.3 is 0 Å². The lowest BCUT2D eigenvalue weighted by atomic mass is 10.2. The van der Waals surface area contributed by atoms with Gasteiger partial charge in [0.2, 0.25) is 5.91 Å². The molecule has 0 saturated heterocycles. The fourth-order valence-electron chi connectivity index (χ4n) is 2.48. The minimum absolute atomic E-state index is 0.0124.